The third kappa shape index (κ3) is 4.05. The predicted octanol–water partition coefficient (Wildman–Crippen LogP) is 3.20. The van der Waals surface area contributed by atoms with Crippen LogP contribution in [0.5, 0.6) is 5.75 Å². The highest BCUT2D eigenvalue weighted by molar-refractivity contribution is 8.00. The highest BCUT2D eigenvalue weighted by atomic mass is 32.2. The summed E-state index contributed by atoms with van der Waals surface area (Å²) in [5, 5.41) is 4.51. The molecule has 1 N–H and O–H groups in total. The van der Waals surface area contributed by atoms with E-state index in [-0.39, 0.29) is 11.7 Å². The van der Waals surface area contributed by atoms with Crippen molar-refractivity contribution in [3.63, 3.8) is 0 Å². The van der Waals surface area contributed by atoms with Crippen LogP contribution in [0, 0.1) is 6.92 Å². The van der Waals surface area contributed by atoms with Gasteiger partial charge in [0.05, 0.1) is 18.6 Å². The van der Waals surface area contributed by atoms with E-state index in [0.717, 1.165) is 20.4 Å². The van der Waals surface area contributed by atoms with Gasteiger partial charge in [-0.05, 0) is 24.6 Å². The molecule has 2 heterocycles. The van der Waals surface area contributed by atoms with Crippen LogP contribution in [0.3, 0.4) is 0 Å². The number of hydrogen-bond donors (Lipinski definition) is 1. The van der Waals surface area contributed by atoms with Gasteiger partial charge in [0.15, 0.2) is 10.8 Å². The van der Waals surface area contributed by atoms with Crippen molar-refractivity contribution in [2.75, 3.05) is 37.2 Å². The first-order valence-corrected chi connectivity index (χ1v) is 9.64. The number of fused-ring (bicyclic) bond motifs is 1. The first-order chi connectivity index (χ1) is 12.5. The summed E-state index contributed by atoms with van der Waals surface area (Å²) < 4.78 is 6.18. The summed E-state index contributed by atoms with van der Waals surface area (Å²) in [5.74, 6) is 0.748. The smallest absolute Gasteiger partial charge is 0.234 e. The molecule has 9 heteroatoms. The highest BCUT2D eigenvalue weighted by Gasteiger charge is 2.14. The molecular weight excluding hydrogens is 370 g/mol. The number of ether oxygens (including phenoxy) is 1. The molecule has 3 aromatic rings. The lowest BCUT2D eigenvalue weighted by Gasteiger charge is -2.10. The van der Waals surface area contributed by atoms with Crippen LogP contribution < -0.4 is 15.0 Å². The quantitative estimate of drug-likeness (QED) is 0.512. The van der Waals surface area contributed by atoms with E-state index >= 15 is 0 Å². The molecule has 0 radical (unpaired) electrons. The van der Waals surface area contributed by atoms with Gasteiger partial charge >= 0.3 is 0 Å². The molecule has 2 aromatic heterocycles. The summed E-state index contributed by atoms with van der Waals surface area (Å²) in [6.45, 7) is 1.97. The number of anilines is 2. The molecule has 0 unspecified atom stereocenters. The highest BCUT2D eigenvalue weighted by Crippen LogP contribution is 2.33. The molecule has 0 aliphatic carbocycles. The van der Waals surface area contributed by atoms with Crippen molar-refractivity contribution in [2.45, 2.75) is 11.9 Å². The molecule has 136 valence electrons. The number of hydrogen-bond acceptors (Lipinski definition) is 8. The number of carbonyl (C=O) groups is 1. The van der Waals surface area contributed by atoms with Crippen LogP contribution in [-0.2, 0) is 4.79 Å². The number of benzene rings is 1. The molecule has 0 aliphatic heterocycles. The molecular formula is C17H19N5O2S2. The van der Waals surface area contributed by atoms with Gasteiger partial charge in [-0.3, -0.25) is 4.79 Å². The third-order valence-corrected chi connectivity index (χ3v) is 5.84. The first-order valence-electron chi connectivity index (χ1n) is 7.84. The average Bonchev–Trinajstić information content (AvgIpc) is 3.05. The molecule has 26 heavy (non-hydrogen) atoms. The van der Waals surface area contributed by atoms with Crippen molar-refractivity contribution < 1.29 is 9.53 Å². The molecule has 7 nitrogen and oxygen atoms in total. The van der Waals surface area contributed by atoms with Crippen LogP contribution in [-0.4, -0.2) is 47.8 Å². The van der Waals surface area contributed by atoms with Gasteiger partial charge in [0, 0.05) is 14.1 Å². The fourth-order valence-corrected chi connectivity index (χ4v) is 4.07. The number of thioether (sulfide) groups is 1. The first kappa shape index (κ1) is 18.4. The van der Waals surface area contributed by atoms with Crippen molar-refractivity contribution in [1.29, 1.82) is 0 Å². The van der Waals surface area contributed by atoms with Gasteiger partial charge in [0.25, 0.3) is 0 Å². The normalized spacial score (nSPS) is 10.8. The number of nitrogens with one attached hydrogen (secondary N) is 1. The van der Waals surface area contributed by atoms with E-state index in [2.05, 4.69) is 20.3 Å². The number of amides is 1. The maximum atomic E-state index is 12.4. The Labute approximate surface area is 159 Å². The number of aryl methyl sites for hydroxylation is 1. The van der Waals surface area contributed by atoms with Crippen LogP contribution in [0.15, 0.2) is 29.6 Å². The Bertz CT molecular complexity index is 942. The number of methoxy groups -OCH3 is 1. The Morgan fingerprint density at radius 2 is 2.15 bits per heavy atom. The molecule has 1 amide bonds. The van der Waals surface area contributed by atoms with Crippen LogP contribution in [0.25, 0.3) is 10.3 Å². The minimum Gasteiger partial charge on any atom is -0.495 e. The number of carbonyl (C=O) groups excluding carboxylic acids is 1. The zero-order valence-corrected chi connectivity index (χ0v) is 16.6. The van der Waals surface area contributed by atoms with E-state index in [9.17, 15) is 4.79 Å². The minimum atomic E-state index is -0.122. The van der Waals surface area contributed by atoms with E-state index < -0.39 is 0 Å². The van der Waals surface area contributed by atoms with Crippen molar-refractivity contribution in [3.05, 3.63) is 30.1 Å². The van der Waals surface area contributed by atoms with Gasteiger partial charge in [-0.1, -0.05) is 29.2 Å². The molecule has 0 aliphatic rings. The van der Waals surface area contributed by atoms with Gasteiger partial charge in [0.1, 0.15) is 21.8 Å². The van der Waals surface area contributed by atoms with E-state index in [4.69, 9.17) is 4.74 Å². The summed E-state index contributed by atoms with van der Waals surface area (Å²) in [7, 11) is 5.44. The zero-order chi connectivity index (χ0) is 18.7. The Morgan fingerprint density at radius 1 is 1.35 bits per heavy atom. The second-order valence-electron chi connectivity index (χ2n) is 5.76. The second kappa shape index (κ2) is 7.88. The van der Waals surface area contributed by atoms with Crippen LogP contribution in [0.4, 0.5) is 10.8 Å². The molecule has 0 spiro atoms. The maximum Gasteiger partial charge on any atom is 0.234 e. The summed E-state index contributed by atoms with van der Waals surface area (Å²) in [6.07, 6.45) is 1.48. The average molecular weight is 390 g/mol. The molecule has 0 bridgehead atoms. The van der Waals surface area contributed by atoms with Crippen LogP contribution in [0.1, 0.15) is 5.56 Å². The van der Waals surface area contributed by atoms with Gasteiger partial charge in [-0.25, -0.2) is 9.97 Å². The fourth-order valence-electron chi connectivity index (χ4n) is 2.26. The molecule has 0 saturated heterocycles. The van der Waals surface area contributed by atoms with Gasteiger partial charge < -0.3 is 15.0 Å². The van der Waals surface area contributed by atoms with E-state index in [0.29, 0.717) is 17.1 Å². The van der Waals surface area contributed by atoms with E-state index in [1.54, 1.807) is 7.11 Å². The SMILES string of the molecule is COc1ccc(C)cc1NC(=O)CSc1ncnc2nc(N(C)C)sc12. The van der Waals surface area contributed by atoms with Crippen molar-refractivity contribution in [3.8, 4) is 5.75 Å². The molecule has 0 saturated carbocycles. The number of thiazole rings is 1. The molecule has 1 aromatic carbocycles. The second-order valence-corrected chi connectivity index (χ2v) is 7.70. The van der Waals surface area contributed by atoms with E-state index in [1.807, 2.05) is 44.1 Å². The Hall–Kier alpha value is -2.39. The largest absolute Gasteiger partial charge is 0.495 e. The predicted molar refractivity (Wildman–Crippen MR) is 107 cm³/mol. The molecule has 0 fully saturated rings. The Balaban J connectivity index is 1.72. The number of aromatic nitrogens is 3. The standard InChI is InChI=1S/C17H19N5O2S2/c1-10-5-6-12(24-4)11(7-10)20-13(23)8-25-16-14-15(18-9-19-16)21-17(26-14)22(2)3/h5-7,9H,8H2,1-4H3,(H,20,23). The summed E-state index contributed by atoms with van der Waals surface area (Å²) in [4.78, 5) is 27.3. The zero-order valence-electron chi connectivity index (χ0n) is 14.9. The monoisotopic (exact) mass is 389 g/mol. The van der Waals surface area contributed by atoms with E-state index in [1.165, 1.54) is 29.4 Å². The lowest BCUT2D eigenvalue weighted by Crippen LogP contribution is -2.15. The number of nitrogens with zero attached hydrogens (tertiary/aromatic N) is 4. The topological polar surface area (TPSA) is 80.2 Å². The molecule has 0 atom stereocenters. The van der Waals surface area contributed by atoms with Gasteiger partial charge in [-0.2, -0.15) is 4.98 Å². The van der Waals surface area contributed by atoms with Crippen molar-refractivity contribution in [2.24, 2.45) is 0 Å². The lowest BCUT2D eigenvalue weighted by molar-refractivity contribution is -0.113. The Kier molecular flexibility index (Phi) is 5.58. The number of rotatable bonds is 6. The minimum absolute atomic E-state index is 0.122. The fraction of sp³-hybridized carbons (Fsp3) is 0.294. The van der Waals surface area contributed by atoms with Crippen LogP contribution in [0.2, 0.25) is 0 Å². The van der Waals surface area contributed by atoms with Crippen LogP contribution >= 0.6 is 23.1 Å². The van der Waals surface area contributed by atoms with Crippen molar-refractivity contribution >= 4 is 50.2 Å². The summed E-state index contributed by atoms with van der Waals surface area (Å²) in [5.41, 5.74) is 2.36. The lowest BCUT2D eigenvalue weighted by atomic mass is 10.2. The summed E-state index contributed by atoms with van der Waals surface area (Å²) >= 11 is 2.88. The maximum absolute atomic E-state index is 12.4. The third-order valence-electron chi connectivity index (χ3n) is 3.50. The van der Waals surface area contributed by atoms with Gasteiger partial charge in [-0.15, -0.1) is 0 Å². The van der Waals surface area contributed by atoms with Gasteiger partial charge in [0.2, 0.25) is 5.91 Å². The summed E-state index contributed by atoms with van der Waals surface area (Å²) in [6, 6.07) is 5.66. The molecule has 3 rings (SSSR count). The van der Waals surface area contributed by atoms with Crippen molar-refractivity contribution in [1.82, 2.24) is 15.0 Å². The Morgan fingerprint density at radius 3 is 2.88 bits per heavy atom.